The van der Waals surface area contributed by atoms with Gasteiger partial charge in [0.2, 0.25) is 5.91 Å². The standard InChI is InChI=1S/C14H25NO5/c1-3-4-5-6-20-10-13(16)15-9-12(19-2)7-11(15)8-14(17)18/h11-12H,3-10H2,1-2H3,(H,17,18). The molecule has 0 aromatic rings. The molecule has 1 aliphatic heterocycles. The van der Waals surface area contributed by atoms with E-state index < -0.39 is 5.97 Å². The van der Waals surface area contributed by atoms with Crippen LogP contribution in [0.2, 0.25) is 0 Å². The number of rotatable bonds is 9. The number of carbonyl (C=O) groups excluding carboxylic acids is 1. The number of unbranched alkanes of at least 4 members (excludes halogenated alkanes) is 2. The van der Waals surface area contributed by atoms with E-state index >= 15 is 0 Å². The summed E-state index contributed by atoms with van der Waals surface area (Å²) >= 11 is 0. The Kier molecular flexibility index (Phi) is 7.54. The van der Waals surface area contributed by atoms with Crippen LogP contribution in [0.3, 0.4) is 0 Å². The Labute approximate surface area is 120 Å². The van der Waals surface area contributed by atoms with Crippen LogP contribution in [0.25, 0.3) is 0 Å². The zero-order valence-electron chi connectivity index (χ0n) is 12.3. The van der Waals surface area contributed by atoms with E-state index in [-0.39, 0.29) is 31.1 Å². The van der Waals surface area contributed by atoms with Crippen LogP contribution >= 0.6 is 0 Å². The second kappa shape index (κ2) is 8.92. The lowest BCUT2D eigenvalue weighted by atomic mass is 10.1. The van der Waals surface area contributed by atoms with E-state index in [1.165, 1.54) is 0 Å². The summed E-state index contributed by atoms with van der Waals surface area (Å²) in [5.74, 6) is -1.04. The van der Waals surface area contributed by atoms with Gasteiger partial charge in [-0.25, -0.2) is 0 Å². The molecule has 0 saturated carbocycles. The van der Waals surface area contributed by atoms with Gasteiger partial charge in [0.05, 0.1) is 12.5 Å². The van der Waals surface area contributed by atoms with Crippen molar-refractivity contribution >= 4 is 11.9 Å². The first kappa shape index (κ1) is 16.9. The highest BCUT2D eigenvalue weighted by molar-refractivity contribution is 5.79. The molecule has 1 heterocycles. The lowest BCUT2D eigenvalue weighted by molar-refractivity contribution is -0.141. The third kappa shape index (κ3) is 5.46. The van der Waals surface area contributed by atoms with E-state index in [4.69, 9.17) is 14.6 Å². The number of aliphatic carboxylic acids is 1. The van der Waals surface area contributed by atoms with Crippen LogP contribution in [0.15, 0.2) is 0 Å². The second-order valence-electron chi connectivity index (χ2n) is 5.15. The van der Waals surface area contributed by atoms with Crippen LogP contribution < -0.4 is 0 Å². The minimum Gasteiger partial charge on any atom is -0.481 e. The molecule has 0 spiro atoms. The number of hydrogen-bond acceptors (Lipinski definition) is 4. The molecule has 6 nitrogen and oxygen atoms in total. The van der Waals surface area contributed by atoms with Crippen LogP contribution in [0.5, 0.6) is 0 Å². The maximum Gasteiger partial charge on any atom is 0.305 e. The molecule has 1 fully saturated rings. The minimum atomic E-state index is -0.895. The molecule has 1 rings (SSSR count). The first-order valence-corrected chi connectivity index (χ1v) is 7.20. The lowest BCUT2D eigenvalue weighted by Gasteiger charge is -2.23. The Morgan fingerprint density at radius 3 is 2.70 bits per heavy atom. The van der Waals surface area contributed by atoms with Gasteiger partial charge in [0.25, 0.3) is 0 Å². The zero-order valence-corrected chi connectivity index (χ0v) is 12.3. The maximum absolute atomic E-state index is 12.1. The Bertz CT molecular complexity index is 321. The quantitative estimate of drug-likeness (QED) is 0.647. The maximum atomic E-state index is 12.1. The predicted molar refractivity (Wildman–Crippen MR) is 73.5 cm³/mol. The van der Waals surface area contributed by atoms with E-state index in [1.54, 1.807) is 12.0 Å². The Morgan fingerprint density at radius 2 is 2.10 bits per heavy atom. The summed E-state index contributed by atoms with van der Waals surface area (Å²) < 4.78 is 10.6. The van der Waals surface area contributed by atoms with Gasteiger partial charge in [-0.3, -0.25) is 9.59 Å². The first-order chi connectivity index (χ1) is 9.58. The largest absolute Gasteiger partial charge is 0.481 e. The van der Waals surface area contributed by atoms with Crippen molar-refractivity contribution in [3.8, 4) is 0 Å². The molecule has 0 aromatic heterocycles. The SMILES string of the molecule is CCCCCOCC(=O)N1CC(OC)CC1CC(=O)O. The summed E-state index contributed by atoms with van der Waals surface area (Å²) in [4.78, 5) is 24.5. The van der Waals surface area contributed by atoms with Crippen molar-refractivity contribution in [2.45, 2.75) is 51.2 Å². The molecule has 6 heteroatoms. The molecular formula is C14H25NO5. The fraction of sp³-hybridized carbons (Fsp3) is 0.857. The smallest absolute Gasteiger partial charge is 0.305 e. The highest BCUT2D eigenvalue weighted by atomic mass is 16.5. The predicted octanol–water partition coefficient (Wildman–Crippen LogP) is 1.28. The van der Waals surface area contributed by atoms with Crippen molar-refractivity contribution in [2.75, 3.05) is 26.9 Å². The van der Waals surface area contributed by atoms with E-state index in [0.717, 1.165) is 19.3 Å². The average molecular weight is 287 g/mol. The molecular weight excluding hydrogens is 262 g/mol. The molecule has 1 saturated heterocycles. The van der Waals surface area contributed by atoms with Gasteiger partial charge in [0, 0.05) is 26.3 Å². The lowest BCUT2D eigenvalue weighted by Crippen LogP contribution is -2.39. The van der Waals surface area contributed by atoms with E-state index in [0.29, 0.717) is 19.6 Å². The molecule has 2 atom stereocenters. The molecule has 1 N–H and O–H groups in total. The zero-order chi connectivity index (χ0) is 15.0. The highest BCUT2D eigenvalue weighted by Gasteiger charge is 2.36. The molecule has 0 aliphatic carbocycles. The van der Waals surface area contributed by atoms with Crippen LogP contribution in [0.1, 0.15) is 39.0 Å². The molecule has 0 radical (unpaired) electrons. The van der Waals surface area contributed by atoms with Crippen molar-refractivity contribution in [2.24, 2.45) is 0 Å². The summed E-state index contributed by atoms with van der Waals surface area (Å²) in [6, 6.07) is -0.288. The van der Waals surface area contributed by atoms with Crippen molar-refractivity contribution in [3.05, 3.63) is 0 Å². The molecule has 0 bridgehead atoms. The van der Waals surface area contributed by atoms with E-state index in [1.807, 2.05) is 0 Å². The fourth-order valence-electron chi connectivity index (χ4n) is 2.44. The monoisotopic (exact) mass is 287 g/mol. The number of carbonyl (C=O) groups is 2. The van der Waals surface area contributed by atoms with Gasteiger partial charge in [-0.1, -0.05) is 19.8 Å². The number of carboxylic acids is 1. The van der Waals surface area contributed by atoms with Crippen LogP contribution in [-0.4, -0.2) is 60.9 Å². The number of nitrogens with zero attached hydrogens (tertiary/aromatic N) is 1. The van der Waals surface area contributed by atoms with Crippen LogP contribution in [0, 0.1) is 0 Å². The fourth-order valence-corrected chi connectivity index (χ4v) is 2.44. The Balaban J connectivity index is 2.40. The third-order valence-electron chi connectivity index (χ3n) is 3.56. The summed E-state index contributed by atoms with van der Waals surface area (Å²) in [5, 5.41) is 8.90. The van der Waals surface area contributed by atoms with Crippen LogP contribution in [0.4, 0.5) is 0 Å². The van der Waals surface area contributed by atoms with Gasteiger partial charge in [-0.15, -0.1) is 0 Å². The van der Waals surface area contributed by atoms with E-state index in [9.17, 15) is 9.59 Å². The first-order valence-electron chi connectivity index (χ1n) is 7.20. The van der Waals surface area contributed by atoms with Gasteiger partial charge in [-0.2, -0.15) is 0 Å². The minimum absolute atomic E-state index is 0.0241. The second-order valence-corrected chi connectivity index (χ2v) is 5.15. The van der Waals surface area contributed by atoms with Gasteiger partial charge in [0.1, 0.15) is 6.61 Å². The number of ether oxygens (including phenoxy) is 2. The third-order valence-corrected chi connectivity index (χ3v) is 3.56. The topological polar surface area (TPSA) is 76.1 Å². The number of carboxylic acid groups (broad SMARTS) is 1. The molecule has 1 amide bonds. The summed E-state index contributed by atoms with van der Waals surface area (Å²) in [6.45, 7) is 3.16. The van der Waals surface area contributed by atoms with Gasteiger partial charge >= 0.3 is 5.97 Å². The molecule has 20 heavy (non-hydrogen) atoms. The van der Waals surface area contributed by atoms with Crippen molar-refractivity contribution < 1.29 is 24.2 Å². The molecule has 2 unspecified atom stereocenters. The highest BCUT2D eigenvalue weighted by Crippen LogP contribution is 2.22. The number of methoxy groups -OCH3 is 1. The Hall–Kier alpha value is -1.14. The molecule has 116 valence electrons. The van der Waals surface area contributed by atoms with Crippen molar-refractivity contribution in [1.29, 1.82) is 0 Å². The van der Waals surface area contributed by atoms with Gasteiger partial charge in [0.15, 0.2) is 0 Å². The summed E-state index contributed by atoms with van der Waals surface area (Å²) in [7, 11) is 1.58. The van der Waals surface area contributed by atoms with Crippen molar-refractivity contribution in [3.63, 3.8) is 0 Å². The van der Waals surface area contributed by atoms with Crippen LogP contribution in [-0.2, 0) is 19.1 Å². The summed E-state index contributed by atoms with van der Waals surface area (Å²) in [6.07, 6.45) is 3.60. The normalized spacial score (nSPS) is 22.2. The van der Waals surface area contributed by atoms with Crippen molar-refractivity contribution in [1.82, 2.24) is 4.90 Å². The number of likely N-dealkylation sites (tertiary alicyclic amines) is 1. The molecule has 1 aliphatic rings. The van der Waals surface area contributed by atoms with Gasteiger partial charge < -0.3 is 19.5 Å². The summed E-state index contributed by atoms with van der Waals surface area (Å²) in [5.41, 5.74) is 0. The number of amides is 1. The Morgan fingerprint density at radius 1 is 1.35 bits per heavy atom. The molecule has 0 aromatic carbocycles. The average Bonchev–Trinajstić information content (AvgIpc) is 2.80. The van der Waals surface area contributed by atoms with E-state index in [2.05, 4.69) is 6.92 Å². The number of hydrogen-bond donors (Lipinski definition) is 1. The van der Waals surface area contributed by atoms with Gasteiger partial charge in [-0.05, 0) is 12.8 Å².